The number of anilines is 1. The summed E-state index contributed by atoms with van der Waals surface area (Å²) >= 11 is 6.13. The number of aryl methyl sites for hydroxylation is 1. The van der Waals surface area contributed by atoms with Crippen molar-refractivity contribution < 1.29 is 9.53 Å². The molecule has 3 aliphatic rings. The predicted octanol–water partition coefficient (Wildman–Crippen LogP) is 2.23. The molecule has 2 saturated heterocycles. The number of piperidine rings is 1. The van der Waals surface area contributed by atoms with Gasteiger partial charge in [0.25, 0.3) is 5.91 Å². The Labute approximate surface area is 181 Å². The molecule has 5 rings (SSSR count). The van der Waals surface area contributed by atoms with Crippen molar-refractivity contribution in [3.63, 3.8) is 0 Å². The molecular formula is C22H28ClN5O2. The maximum Gasteiger partial charge on any atom is 0.274 e. The van der Waals surface area contributed by atoms with Crippen LogP contribution in [0.2, 0.25) is 5.02 Å². The lowest BCUT2D eigenvalue weighted by Gasteiger charge is -2.40. The molecule has 1 spiro atoms. The van der Waals surface area contributed by atoms with E-state index in [1.807, 2.05) is 34.8 Å². The monoisotopic (exact) mass is 429 g/mol. The zero-order valence-electron chi connectivity index (χ0n) is 17.4. The second-order valence-electron chi connectivity index (χ2n) is 8.56. The van der Waals surface area contributed by atoms with Gasteiger partial charge in [0.15, 0.2) is 5.69 Å². The Hall–Kier alpha value is -2.09. The Morgan fingerprint density at radius 2 is 1.97 bits per heavy atom. The highest BCUT2D eigenvalue weighted by Crippen LogP contribution is 2.36. The molecule has 0 atom stereocenters. The zero-order valence-corrected chi connectivity index (χ0v) is 18.1. The van der Waals surface area contributed by atoms with Crippen LogP contribution < -0.4 is 10.2 Å². The van der Waals surface area contributed by atoms with Gasteiger partial charge in [-0.1, -0.05) is 17.7 Å². The highest BCUT2D eigenvalue weighted by Gasteiger charge is 2.40. The lowest BCUT2D eigenvalue weighted by Crippen LogP contribution is -2.49. The van der Waals surface area contributed by atoms with Crippen LogP contribution in [0.5, 0.6) is 0 Å². The maximum absolute atomic E-state index is 13.3. The van der Waals surface area contributed by atoms with Crippen molar-refractivity contribution in [1.29, 1.82) is 0 Å². The third-order valence-electron chi connectivity index (χ3n) is 6.74. The predicted molar refractivity (Wildman–Crippen MR) is 116 cm³/mol. The quantitative estimate of drug-likeness (QED) is 0.793. The summed E-state index contributed by atoms with van der Waals surface area (Å²) in [6.45, 7) is 5.36. The van der Waals surface area contributed by atoms with Crippen LogP contribution in [0.3, 0.4) is 0 Å². The molecule has 30 heavy (non-hydrogen) atoms. The molecule has 2 aromatic rings. The van der Waals surface area contributed by atoms with Crippen LogP contribution >= 0.6 is 11.6 Å². The number of fused-ring (bicyclic) bond motifs is 1. The van der Waals surface area contributed by atoms with Gasteiger partial charge in [-0.3, -0.25) is 9.48 Å². The van der Waals surface area contributed by atoms with Crippen LogP contribution in [0.4, 0.5) is 5.69 Å². The van der Waals surface area contributed by atoms with Crippen LogP contribution in [0.1, 0.15) is 34.6 Å². The van der Waals surface area contributed by atoms with E-state index in [-0.39, 0.29) is 11.5 Å². The Morgan fingerprint density at radius 3 is 2.70 bits per heavy atom. The topological polar surface area (TPSA) is 62.6 Å². The summed E-state index contributed by atoms with van der Waals surface area (Å²) in [5.74, 6) is 0.0162. The number of rotatable bonds is 2. The first-order chi connectivity index (χ1) is 14.5. The van der Waals surface area contributed by atoms with Gasteiger partial charge in [-0.25, -0.2) is 0 Å². The van der Waals surface area contributed by atoms with Gasteiger partial charge >= 0.3 is 0 Å². The van der Waals surface area contributed by atoms with Gasteiger partial charge in [-0.2, -0.15) is 5.10 Å². The Balaban J connectivity index is 1.29. The number of hydrogen-bond donors (Lipinski definition) is 1. The number of piperazine rings is 1. The molecule has 1 aromatic carbocycles. The summed E-state index contributed by atoms with van der Waals surface area (Å²) in [7, 11) is 1.95. The standard InChI is InChI=1S/C22H28ClN5O2/c1-26-19-14-22(5-7-24-8-6-22)30-15-18(19)20(25-26)21(29)28-11-9-27(10-12-28)17-4-2-3-16(23)13-17/h2-4,13,24H,5-12,14-15H2,1H3. The maximum atomic E-state index is 13.3. The number of halogens is 1. The first-order valence-corrected chi connectivity index (χ1v) is 11.1. The third kappa shape index (κ3) is 3.59. The molecule has 2 fully saturated rings. The van der Waals surface area contributed by atoms with E-state index in [1.165, 1.54) is 0 Å². The van der Waals surface area contributed by atoms with E-state index in [0.29, 0.717) is 25.4 Å². The number of nitrogens with one attached hydrogen (secondary N) is 1. The molecule has 1 amide bonds. The zero-order chi connectivity index (χ0) is 20.7. The van der Waals surface area contributed by atoms with Crippen molar-refractivity contribution >= 4 is 23.2 Å². The van der Waals surface area contributed by atoms with E-state index in [4.69, 9.17) is 16.3 Å². The molecule has 3 aliphatic heterocycles. The Bertz CT molecular complexity index is 945. The van der Waals surface area contributed by atoms with E-state index < -0.39 is 0 Å². The molecule has 4 heterocycles. The summed E-state index contributed by atoms with van der Waals surface area (Å²) in [6.07, 6.45) is 2.85. The molecule has 0 aliphatic carbocycles. The molecule has 0 bridgehead atoms. The average Bonchev–Trinajstić information content (AvgIpc) is 3.09. The van der Waals surface area contributed by atoms with Crippen molar-refractivity contribution in [2.45, 2.75) is 31.5 Å². The first-order valence-electron chi connectivity index (χ1n) is 10.7. The normalized spacial score (nSPS) is 21.0. The number of amides is 1. The van der Waals surface area contributed by atoms with Gasteiger partial charge in [-0.05, 0) is 44.1 Å². The smallest absolute Gasteiger partial charge is 0.274 e. The van der Waals surface area contributed by atoms with Gasteiger partial charge in [0.1, 0.15) is 0 Å². The summed E-state index contributed by atoms with van der Waals surface area (Å²) in [4.78, 5) is 17.5. The lowest BCUT2D eigenvalue weighted by atomic mass is 9.84. The number of nitrogens with zero attached hydrogens (tertiary/aromatic N) is 4. The molecule has 160 valence electrons. The van der Waals surface area contributed by atoms with Gasteiger partial charge in [0, 0.05) is 61.6 Å². The highest BCUT2D eigenvalue weighted by molar-refractivity contribution is 6.30. The van der Waals surface area contributed by atoms with E-state index in [0.717, 1.165) is 67.4 Å². The number of benzene rings is 1. The average molecular weight is 430 g/mol. The first kappa shape index (κ1) is 19.8. The number of aromatic nitrogens is 2. The summed E-state index contributed by atoms with van der Waals surface area (Å²) < 4.78 is 8.23. The van der Waals surface area contributed by atoms with Crippen LogP contribution in [0.15, 0.2) is 24.3 Å². The lowest BCUT2D eigenvalue weighted by molar-refractivity contribution is -0.0869. The number of hydrogen-bond acceptors (Lipinski definition) is 5. The highest BCUT2D eigenvalue weighted by atomic mass is 35.5. The molecule has 1 aromatic heterocycles. The van der Waals surface area contributed by atoms with Crippen LogP contribution in [-0.4, -0.2) is 65.5 Å². The van der Waals surface area contributed by atoms with Crippen molar-refractivity contribution in [1.82, 2.24) is 20.0 Å². The fraction of sp³-hybridized carbons (Fsp3) is 0.545. The van der Waals surface area contributed by atoms with Gasteiger partial charge in [-0.15, -0.1) is 0 Å². The van der Waals surface area contributed by atoms with E-state index in [9.17, 15) is 4.79 Å². The molecule has 7 nitrogen and oxygen atoms in total. The number of carbonyl (C=O) groups is 1. The minimum absolute atomic E-state index is 0.0162. The molecule has 0 unspecified atom stereocenters. The van der Waals surface area contributed by atoms with E-state index >= 15 is 0 Å². The fourth-order valence-corrected chi connectivity index (χ4v) is 5.11. The molecule has 0 radical (unpaired) electrons. The Kier molecular flexibility index (Phi) is 5.21. The van der Waals surface area contributed by atoms with E-state index in [1.54, 1.807) is 0 Å². The largest absolute Gasteiger partial charge is 0.370 e. The second-order valence-corrected chi connectivity index (χ2v) is 8.99. The van der Waals surface area contributed by atoms with Crippen molar-refractivity contribution in [2.75, 3.05) is 44.2 Å². The van der Waals surface area contributed by atoms with Gasteiger partial charge < -0.3 is 19.9 Å². The Morgan fingerprint density at radius 1 is 1.20 bits per heavy atom. The molecule has 1 N–H and O–H groups in total. The third-order valence-corrected chi connectivity index (χ3v) is 6.98. The minimum Gasteiger partial charge on any atom is -0.370 e. The van der Waals surface area contributed by atoms with Crippen LogP contribution in [0, 0.1) is 0 Å². The van der Waals surface area contributed by atoms with Crippen molar-refractivity contribution in [3.8, 4) is 0 Å². The summed E-state index contributed by atoms with van der Waals surface area (Å²) in [5, 5.41) is 8.77. The van der Waals surface area contributed by atoms with Crippen LogP contribution in [0.25, 0.3) is 0 Å². The second kappa shape index (κ2) is 7.87. The molecular weight excluding hydrogens is 402 g/mol. The molecule has 0 saturated carbocycles. The number of carbonyl (C=O) groups excluding carboxylic acids is 1. The number of ether oxygens (including phenoxy) is 1. The van der Waals surface area contributed by atoms with Crippen molar-refractivity contribution in [3.05, 3.63) is 46.2 Å². The van der Waals surface area contributed by atoms with Crippen molar-refractivity contribution in [2.24, 2.45) is 7.05 Å². The van der Waals surface area contributed by atoms with Gasteiger partial charge in [0.05, 0.1) is 12.2 Å². The van der Waals surface area contributed by atoms with E-state index in [2.05, 4.69) is 21.4 Å². The summed E-state index contributed by atoms with van der Waals surface area (Å²) in [6, 6.07) is 7.88. The SMILES string of the molecule is Cn1nc(C(=O)N2CCN(c3cccc(Cl)c3)CC2)c2c1CC1(CCNCC1)OC2. The molecule has 8 heteroatoms. The minimum atomic E-state index is -0.102. The van der Waals surface area contributed by atoms with Crippen LogP contribution in [-0.2, 0) is 24.8 Å². The summed E-state index contributed by atoms with van der Waals surface area (Å²) in [5.41, 5.74) is 3.69. The van der Waals surface area contributed by atoms with Gasteiger partial charge in [0.2, 0.25) is 0 Å². The fourth-order valence-electron chi connectivity index (χ4n) is 4.92.